The summed E-state index contributed by atoms with van der Waals surface area (Å²) in [5.41, 5.74) is 2.10. The van der Waals surface area contributed by atoms with E-state index in [2.05, 4.69) is 29.4 Å². The van der Waals surface area contributed by atoms with Gasteiger partial charge in [-0.15, -0.1) is 0 Å². The van der Waals surface area contributed by atoms with Gasteiger partial charge in [0.25, 0.3) is 0 Å². The van der Waals surface area contributed by atoms with E-state index in [1.807, 2.05) is 25.1 Å². The van der Waals surface area contributed by atoms with Gasteiger partial charge in [-0.25, -0.2) is 0 Å². The molecule has 0 unspecified atom stereocenters. The van der Waals surface area contributed by atoms with E-state index in [1.54, 1.807) is 0 Å². The van der Waals surface area contributed by atoms with E-state index in [-0.39, 0.29) is 5.91 Å². The molecular formula is C21H27N3O2. The molecule has 1 N–H and O–H groups in total. The summed E-state index contributed by atoms with van der Waals surface area (Å²) in [4.78, 5) is 18.9. The Kier molecular flexibility index (Phi) is 4.81. The Labute approximate surface area is 154 Å². The van der Waals surface area contributed by atoms with Crippen molar-refractivity contribution in [2.75, 3.05) is 20.2 Å². The fourth-order valence-corrected chi connectivity index (χ4v) is 4.47. The third-order valence-corrected chi connectivity index (χ3v) is 5.89. The zero-order valence-electron chi connectivity index (χ0n) is 15.6. The van der Waals surface area contributed by atoms with Gasteiger partial charge >= 0.3 is 0 Å². The SMILES string of the molecule is CCOc1ccc2nc(CN(C)[C@H]3C[C@H]4CC(=O)NC[C@H]4C3)ccc2c1. The van der Waals surface area contributed by atoms with Gasteiger partial charge in [0, 0.05) is 30.9 Å². The Hall–Kier alpha value is -2.14. The molecule has 2 aliphatic rings. The summed E-state index contributed by atoms with van der Waals surface area (Å²) < 4.78 is 5.57. The predicted octanol–water partition coefficient (Wildman–Crippen LogP) is 2.98. The van der Waals surface area contributed by atoms with Crippen LogP contribution in [0, 0.1) is 11.8 Å². The number of nitrogens with one attached hydrogen (secondary N) is 1. The summed E-state index contributed by atoms with van der Waals surface area (Å²) in [6.07, 6.45) is 3.00. The zero-order chi connectivity index (χ0) is 18.1. The van der Waals surface area contributed by atoms with Crippen LogP contribution in [0.2, 0.25) is 0 Å². The molecule has 3 atom stereocenters. The molecule has 26 heavy (non-hydrogen) atoms. The Balaban J connectivity index is 1.43. The molecule has 1 aromatic carbocycles. The summed E-state index contributed by atoms with van der Waals surface area (Å²) >= 11 is 0. The number of nitrogens with zero attached hydrogens (tertiary/aromatic N) is 2. The van der Waals surface area contributed by atoms with Crippen molar-refractivity contribution in [3.8, 4) is 5.75 Å². The Bertz CT molecular complexity index is 807. The lowest BCUT2D eigenvalue weighted by Gasteiger charge is -2.24. The normalized spacial score (nSPS) is 25.3. The topological polar surface area (TPSA) is 54.5 Å². The maximum absolute atomic E-state index is 11.6. The number of ether oxygens (including phenoxy) is 1. The molecule has 1 amide bonds. The Morgan fingerprint density at radius 3 is 2.92 bits per heavy atom. The molecular weight excluding hydrogens is 326 g/mol. The van der Waals surface area contributed by atoms with Crippen LogP contribution in [0.15, 0.2) is 30.3 Å². The zero-order valence-corrected chi connectivity index (χ0v) is 15.6. The van der Waals surface area contributed by atoms with E-state index < -0.39 is 0 Å². The second-order valence-corrected chi connectivity index (χ2v) is 7.66. The minimum Gasteiger partial charge on any atom is -0.494 e. The van der Waals surface area contributed by atoms with Gasteiger partial charge in [-0.3, -0.25) is 14.7 Å². The van der Waals surface area contributed by atoms with Crippen LogP contribution in [0.25, 0.3) is 10.9 Å². The standard InChI is InChI=1S/C21H27N3O2/c1-3-26-19-6-7-20-14(10-19)4-5-17(23-20)13-24(2)18-8-15-11-21(25)22-12-16(15)9-18/h4-7,10,15-16,18H,3,8-9,11-13H2,1-2H3,(H,22,25)/t15-,16+,18-/m0/s1. The minimum absolute atomic E-state index is 0.220. The van der Waals surface area contributed by atoms with Crippen LogP contribution in [0.3, 0.4) is 0 Å². The first-order valence-electron chi connectivity index (χ1n) is 9.62. The number of carbonyl (C=O) groups excluding carboxylic acids is 1. The Morgan fingerprint density at radius 1 is 1.23 bits per heavy atom. The number of carbonyl (C=O) groups is 1. The molecule has 1 aliphatic heterocycles. The number of aromatic nitrogens is 1. The van der Waals surface area contributed by atoms with E-state index in [0.29, 0.717) is 30.9 Å². The summed E-state index contributed by atoms with van der Waals surface area (Å²) in [7, 11) is 2.18. The van der Waals surface area contributed by atoms with Crippen LogP contribution in [-0.2, 0) is 11.3 Å². The lowest BCUT2D eigenvalue weighted by molar-refractivity contribution is -0.124. The number of piperidine rings is 1. The highest BCUT2D eigenvalue weighted by Gasteiger charge is 2.39. The number of rotatable bonds is 5. The maximum Gasteiger partial charge on any atom is 0.220 e. The highest BCUT2D eigenvalue weighted by atomic mass is 16.5. The second kappa shape index (κ2) is 7.23. The van der Waals surface area contributed by atoms with Crippen LogP contribution < -0.4 is 10.1 Å². The van der Waals surface area contributed by atoms with Crippen molar-refractivity contribution in [3.05, 3.63) is 36.0 Å². The van der Waals surface area contributed by atoms with E-state index >= 15 is 0 Å². The highest BCUT2D eigenvalue weighted by molar-refractivity contribution is 5.80. The van der Waals surface area contributed by atoms with Crippen LogP contribution in [0.4, 0.5) is 0 Å². The minimum atomic E-state index is 0.220. The van der Waals surface area contributed by atoms with Crippen molar-refractivity contribution in [2.24, 2.45) is 11.8 Å². The predicted molar refractivity (Wildman–Crippen MR) is 102 cm³/mol. The van der Waals surface area contributed by atoms with Crippen molar-refractivity contribution in [2.45, 2.75) is 38.8 Å². The summed E-state index contributed by atoms with van der Waals surface area (Å²) in [5, 5.41) is 4.13. The van der Waals surface area contributed by atoms with Crippen molar-refractivity contribution in [1.29, 1.82) is 0 Å². The van der Waals surface area contributed by atoms with Crippen LogP contribution in [0.1, 0.15) is 31.9 Å². The first-order chi connectivity index (χ1) is 12.6. The number of fused-ring (bicyclic) bond motifs is 2. The number of hydrogen-bond acceptors (Lipinski definition) is 4. The summed E-state index contributed by atoms with van der Waals surface area (Å²) in [5.74, 6) is 2.31. The Morgan fingerprint density at radius 2 is 2.08 bits per heavy atom. The van der Waals surface area contributed by atoms with E-state index in [0.717, 1.165) is 41.9 Å². The van der Waals surface area contributed by atoms with Gasteiger partial charge in [-0.1, -0.05) is 6.07 Å². The fraction of sp³-hybridized carbons (Fsp3) is 0.524. The molecule has 1 aromatic heterocycles. The van der Waals surface area contributed by atoms with Crippen molar-refractivity contribution in [1.82, 2.24) is 15.2 Å². The smallest absolute Gasteiger partial charge is 0.220 e. The third kappa shape index (κ3) is 3.54. The molecule has 0 bridgehead atoms. The first kappa shape index (κ1) is 17.3. The van der Waals surface area contributed by atoms with Crippen LogP contribution in [0.5, 0.6) is 5.75 Å². The highest BCUT2D eigenvalue weighted by Crippen LogP contribution is 2.38. The number of amides is 1. The molecule has 2 heterocycles. The molecule has 2 aromatic rings. The molecule has 138 valence electrons. The van der Waals surface area contributed by atoms with E-state index in [1.165, 1.54) is 6.42 Å². The average molecular weight is 353 g/mol. The average Bonchev–Trinajstić information content (AvgIpc) is 3.05. The van der Waals surface area contributed by atoms with Gasteiger partial charge in [0.15, 0.2) is 0 Å². The van der Waals surface area contributed by atoms with Crippen LogP contribution in [-0.4, -0.2) is 42.0 Å². The van der Waals surface area contributed by atoms with E-state index in [9.17, 15) is 4.79 Å². The van der Waals surface area contributed by atoms with Gasteiger partial charge in [-0.2, -0.15) is 0 Å². The lowest BCUT2D eigenvalue weighted by Crippen LogP contribution is -2.38. The second-order valence-electron chi connectivity index (χ2n) is 7.66. The third-order valence-electron chi connectivity index (χ3n) is 5.89. The molecule has 1 saturated carbocycles. The molecule has 1 aliphatic carbocycles. The number of pyridine rings is 1. The quantitative estimate of drug-likeness (QED) is 0.898. The lowest BCUT2D eigenvalue weighted by atomic mass is 9.89. The van der Waals surface area contributed by atoms with Gasteiger partial charge in [0.05, 0.1) is 17.8 Å². The molecule has 5 nitrogen and oxygen atoms in total. The van der Waals surface area contributed by atoms with Crippen molar-refractivity contribution >= 4 is 16.8 Å². The first-order valence-corrected chi connectivity index (χ1v) is 9.62. The number of benzene rings is 1. The maximum atomic E-state index is 11.6. The van der Waals surface area contributed by atoms with E-state index in [4.69, 9.17) is 9.72 Å². The monoisotopic (exact) mass is 353 g/mol. The van der Waals surface area contributed by atoms with Gasteiger partial charge in [0.1, 0.15) is 5.75 Å². The molecule has 1 saturated heterocycles. The van der Waals surface area contributed by atoms with Crippen molar-refractivity contribution < 1.29 is 9.53 Å². The molecule has 0 spiro atoms. The summed E-state index contributed by atoms with van der Waals surface area (Å²) in [6, 6.07) is 10.8. The van der Waals surface area contributed by atoms with Crippen LogP contribution >= 0.6 is 0 Å². The summed E-state index contributed by atoms with van der Waals surface area (Å²) in [6.45, 7) is 4.36. The number of hydrogen-bond donors (Lipinski definition) is 1. The van der Waals surface area contributed by atoms with Crippen molar-refractivity contribution in [3.63, 3.8) is 0 Å². The molecule has 2 fully saturated rings. The van der Waals surface area contributed by atoms with Gasteiger partial charge < -0.3 is 10.1 Å². The molecule has 5 heteroatoms. The fourth-order valence-electron chi connectivity index (χ4n) is 4.47. The molecule has 4 rings (SSSR count). The van der Waals surface area contributed by atoms with Gasteiger partial charge in [-0.05, 0) is 62.9 Å². The van der Waals surface area contributed by atoms with Gasteiger partial charge in [0.2, 0.25) is 5.91 Å². The molecule has 0 radical (unpaired) electrons. The largest absolute Gasteiger partial charge is 0.494 e.